The van der Waals surface area contributed by atoms with Crippen molar-refractivity contribution in [1.82, 2.24) is 9.88 Å². The summed E-state index contributed by atoms with van der Waals surface area (Å²) in [5.74, 6) is 1.70. The number of fused-ring (bicyclic) bond motifs is 3. The molecular formula is C16H20N2O2. The SMILES string of the molecule is Cc1cc2cc(OCCN3CC4COC3C4)ccc2[nH]1. The summed E-state index contributed by atoms with van der Waals surface area (Å²) in [6, 6.07) is 8.37. The second kappa shape index (κ2) is 4.79. The molecule has 4 rings (SSSR count). The highest BCUT2D eigenvalue weighted by atomic mass is 16.5. The first-order valence-electron chi connectivity index (χ1n) is 7.36. The van der Waals surface area contributed by atoms with Crippen molar-refractivity contribution in [2.24, 2.45) is 5.92 Å². The Balaban J connectivity index is 1.36. The molecule has 2 aromatic rings. The van der Waals surface area contributed by atoms with Crippen LogP contribution in [0.15, 0.2) is 24.3 Å². The highest BCUT2D eigenvalue weighted by molar-refractivity contribution is 5.81. The molecule has 4 heteroatoms. The van der Waals surface area contributed by atoms with Crippen molar-refractivity contribution in [2.75, 3.05) is 26.3 Å². The van der Waals surface area contributed by atoms with E-state index >= 15 is 0 Å². The van der Waals surface area contributed by atoms with E-state index in [9.17, 15) is 0 Å². The molecule has 0 saturated carbocycles. The predicted molar refractivity (Wildman–Crippen MR) is 78.0 cm³/mol. The van der Waals surface area contributed by atoms with Crippen LogP contribution in [0.1, 0.15) is 12.1 Å². The van der Waals surface area contributed by atoms with Crippen LogP contribution in [0.25, 0.3) is 10.9 Å². The first-order valence-corrected chi connectivity index (χ1v) is 7.36. The summed E-state index contributed by atoms with van der Waals surface area (Å²) >= 11 is 0. The fourth-order valence-electron chi connectivity index (χ4n) is 3.36. The molecule has 0 radical (unpaired) electrons. The maximum atomic E-state index is 5.88. The maximum absolute atomic E-state index is 5.88. The molecule has 2 unspecified atom stereocenters. The van der Waals surface area contributed by atoms with Crippen LogP contribution in [-0.4, -0.2) is 42.4 Å². The number of aryl methyl sites for hydroxylation is 1. The number of nitrogens with one attached hydrogen (secondary N) is 1. The lowest BCUT2D eigenvalue weighted by Gasteiger charge is -2.26. The third-order valence-electron chi connectivity index (χ3n) is 4.33. The number of ether oxygens (including phenoxy) is 2. The number of H-pyrrole nitrogens is 1. The molecule has 0 spiro atoms. The number of nitrogens with zero attached hydrogens (tertiary/aromatic N) is 1. The highest BCUT2D eigenvalue weighted by Gasteiger charge is 2.38. The van der Waals surface area contributed by atoms with Crippen LogP contribution in [0.5, 0.6) is 5.75 Å². The fourth-order valence-corrected chi connectivity index (χ4v) is 3.36. The second-order valence-corrected chi connectivity index (χ2v) is 5.93. The molecule has 2 aliphatic rings. The fraction of sp³-hybridized carbons (Fsp3) is 0.500. The summed E-state index contributed by atoms with van der Waals surface area (Å²) in [4.78, 5) is 5.72. The van der Waals surface area contributed by atoms with Crippen molar-refractivity contribution in [3.63, 3.8) is 0 Å². The third kappa shape index (κ3) is 2.19. The summed E-state index contributed by atoms with van der Waals surface area (Å²) in [5.41, 5.74) is 2.35. The lowest BCUT2D eigenvalue weighted by Crippen LogP contribution is -2.37. The first-order chi connectivity index (χ1) is 9.78. The highest BCUT2D eigenvalue weighted by Crippen LogP contribution is 2.31. The molecule has 2 saturated heterocycles. The van der Waals surface area contributed by atoms with Crippen LogP contribution in [0.2, 0.25) is 0 Å². The van der Waals surface area contributed by atoms with Crippen molar-refractivity contribution in [3.05, 3.63) is 30.0 Å². The quantitative estimate of drug-likeness (QED) is 0.929. The van der Waals surface area contributed by atoms with Gasteiger partial charge >= 0.3 is 0 Å². The zero-order chi connectivity index (χ0) is 13.5. The molecule has 3 heterocycles. The number of likely N-dealkylation sites (tertiary alicyclic amines) is 1. The van der Waals surface area contributed by atoms with Gasteiger partial charge in [0.1, 0.15) is 18.6 Å². The summed E-state index contributed by atoms with van der Waals surface area (Å²) in [6.07, 6.45) is 1.55. The van der Waals surface area contributed by atoms with Crippen LogP contribution in [-0.2, 0) is 4.74 Å². The molecule has 0 aliphatic carbocycles. The molecule has 0 amide bonds. The van der Waals surface area contributed by atoms with E-state index in [2.05, 4.69) is 35.0 Å². The molecule has 2 fully saturated rings. The molecule has 4 nitrogen and oxygen atoms in total. The average molecular weight is 272 g/mol. The smallest absolute Gasteiger partial charge is 0.120 e. The summed E-state index contributed by atoms with van der Waals surface area (Å²) < 4.78 is 11.6. The molecular weight excluding hydrogens is 252 g/mol. The van der Waals surface area contributed by atoms with Gasteiger partial charge in [0.15, 0.2) is 0 Å². The lowest BCUT2D eigenvalue weighted by atomic mass is 10.2. The van der Waals surface area contributed by atoms with Crippen LogP contribution < -0.4 is 4.74 Å². The lowest BCUT2D eigenvalue weighted by molar-refractivity contribution is -0.0420. The molecule has 106 valence electrons. The molecule has 1 aromatic heterocycles. The van der Waals surface area contributed by atoms with Crippen molar-refractivity contribution in [1.29, 1.82) is 0 Å². The number of aromatic nitrogens is 1. The minimum absolute atomic E-state index is 0.346. The van der Waals surface area contributed by atoms with E-state index < -0.39 is 0 Å². The van der Waals surface area contributed by atoms with Gasteiger partial charge in [-0.25, -0.2) is 0 Å². The summed E-state index contributed by atoms with van der Waals surface area (Å²) in [5, 5.41) is 1.21. The monoisotopic (exact) mass is 272 g/mol. The Hall–Kier alpha value is -1.52. The number of benzene rings is 1. The molecule has 20 heavy (non-hydrogen) atoms. The van der Waals surface area contributed by atoms with E-state index in [4.69, 9.17) is 9.47 Å². The van der Waals surface area contributed by atoms with Gasteiger partial charge in [0.2, 0.25) is 0 Å². The Morgan fingerprint density at radius 3 is 3.15 bits per heavy atom. The number of hydrogen-bond donors (Lipinski definition) is 1. The Morgan fingerprint density at radius 2 is 2.35 bits per heavy atom. The maximum Gasteiger partial charge on any atom is 0.120 e. The predicted octanol–water partition coefficient (Wildman–Crippen LogP) is 2.53. The van der Waals surface area contributed by atoms with Crippen molar-refractivity contribution < 1.29 is 9.47 Å². The van der Waals surface area contributed by atoms with E-state index in [0.29, 0.717) is 6.23 Å². The van der Waals surface area contributed by atoms with Gasteiger partial charge in [-0.2, -0.15) is 0 Å². The van der Waals surface area contributed by atoms with Crippen molar-refractivity contribution in [2.45, 2.75) is 19.6 Å². The largest absolute Gasteiger partial charge is 0.492 e. The van der Waals surface area contributed by atoms with Crippen LogP contribution >= 0.6 is 0 Å². The minimum Gasteiger partial charge on any atom is -0.492 e. The summed E-state index contributed by atoms with van der Waals surface area (Å²) in [6.45, 7) is 5.87. The van der Waals surface area contributed by atoms with Gasteiger partial charge in [-0.1, -0.05) is 0 Å². The van der Waals surface area contributed by atoms with Crippen molar-refractivity contribution >= 4 is 10.9 Å². The van der Waals surface area contributed by atoms with Crippen LogP contribution in [0.4, 0.5) is 0 Å². The van der Waals surface area contributed by atoms with Gasteiger partial charge in [0, 0.05) is 29.7 Å². The Kier molecular flexibility index (Phi) is 2.93. The zero-order valence-electron chi connectivity index (χ0n) is 11.8. The molecule has 1 aromatic carbocycles. The number of rotatable bonds is 4. The standard InChI is InChI=1S/C16H20N2O2/c1-11-6-13-8-14(2-3-15(13)17-11)19-5-4-18-9-12-7-16(18)20-10-12/h2-3,6,8,12,16-17H,4-5,7,9-10H2,1H3. The molecule has 1 N–H and O–H groups in total. The van der Waals surface area contributed by atoms with E-state index in [1.165, 1.54) is 29.6 Å². The van der Waals surface area contributed by atoms with E-state index in [1.54, 1.807) is 0 Å². The second-order valence-electron chi connectivity index (χ2n) is 5.93. The number of hydrogen-bond acceptors (Lipinski definition) is 3. The third-order valence-corrected chi connectivity index (χ3v) is 4.33. The molecule has 2 atom stereocenters. The van der Waals surface area contributed by atoms with E-state index in [0.717, 1.165) is 31.4 Å². The number of aromatic amines is 1. The zero-order valence-corrected chi connectivity index (χ0v) is 11.8. The normalized spacial score (nSPS) is 25.6. The average Bonchev–Trinajstić information content (AvgIpc) is 3.11. The Morgan fingerprint density at radius 1 is 1.40 bits per heavy atom. The van der Waals surface area contributed by atoms with Crippen LogP contribution in [0, 0.1) is 12.8 Å². The first kappa shape index (κ1) is 12.2. The van der Waals surface area contributed by atoms with Gasteiger partial charge in [0.05, 0.1) is 6.61 Å². The van der Waals surface area contributed by atoms with Gasteiger partial charge in [0.25, 0.3) is 0 Å². The Bertz CT molecular complexity index is 622. The molecule has 2 aliphatic heterocycles. The van der Waals surface area contributed by atoms with Gasteiger partial charge in [-0.15, -0.1) is 0 Å². The summed E-state index contributed by atoms with van der Waals surface area (Å²) in [7, 11) is 0. The van der Waals surface area contributed by atoms with Gasteiger partial charge in [-0.3, -0.25) is 4.90 Å². The van der Waals surface area contributed by atoms with E-state index in [-0.39, 0.29) is 0 Å². The van der Waals surface area contributed by atoms with Crippen molar-refractivity contribution in [3.8, 4) is 5.75 Å². The van der Waals surface area contributed by atoms with Gasteiger partial charge < -0.3 is 14.5 Å². The van der Waals surface area contributed by atoms with Crippen LogP contribution in [0.3, 0.4) is 0 Å². The van der Waals surface area contributed by atoms with Gasteiger partial charge in [-0.05, 0) is 43.5 Å². The topological polar surface area (TPSA) is 37.5 Å². The molecule has 2 bridgehead atoms. The van der Waals surface area contributed by atoms with E-state index in [1.807, 2.05) is 6.07 Å². The minimum atomic E-state index is 0.346. The Labute approximate surface area is 118 Å².